The molecule has 3 N–H and O–H groups in total. The van der Waals surface area contributed by atoms with Gasteiger partial charge in [0, 0.05) is 23.5 Å². The summed E-state index contributed by atoms with van der Waals surface area (Å²) in [6.07, 6.45) is 2.97. The fourth-order valence-electron chi connectivity index (χ4n) is 4.06. The van der Waals surface area contributed by atoms with Gasteiger partial charge < -0.3 is 20.9 Å². The Morgan fingerprint density at radius 1 is 1.17 bits per heavy atom. The normalized spacial score (nSPS) is 23.0. The number of anilines is 1. The van der Waals surface area contributed by atoms with Crippen LogP contribution < -0.4 is 16.0 Å². The third-order valence-electron chi connectivity index (χ3n) is 5.49. The number of fused-ring (bicyclic) bond motifs is 1. The van der Waals surface area contributed by atoms with Gasteiger partial charge in [-0.05, 0) is 36.4 Å². The summed E-state index contributed by atoms with van der Waals surface area (Å²) in [6, 6.07) is 15.1. The van der Waals surface area contributed by atoms with Crippen LogP contribution in [0.2, 0.25) is 0 Å². The van der Waals surface area contributed by atoms with E-state index in [0.29, 0.717) is 25.1 Å². The number of hydrogen-bond acceptors (Lipinski definition) is 4. The van der Waals surface area contributed by atoms with Crippen LogP contribution in [0.5, 0.6) is 0 Å². The standard InChI is InChI=1S/C22H24N4O3S/c1-30-16-9-5-8-15(13-16)23-22(29)25-17-10-11-26-19(17)20(27)24-18(21(26)28)12-14-6-3-2-4-7-14/h2-9,13,17-19H,10-12H2,1H3,(H,24,27)(H2,23,25,29)/t17-,18+,19-/m0/s1. The van der Waals surface area contributed by atoms with E-state index in [9.17, 15) is 14.4 Å². The predicted octanol–water partition coefficient (Wildman–Crippen LogP) is 2.24. The van der Waals surface area contributed by atoms with Gasteiger partial charge >= 0.3 is 6.03 Å². The van der Waals surface area contributed by atoms with Gasteiger partial charge in [-0.1, -0.05) is 36.4 Å². The molecule has 2 aromatic rings. The molecular formula is C22H24N4O3S. The van der Waals surface area contributed by atoms with Gasteiger partial charge in [0.1, 0.15) is 12.1 Å². The second-order valence-electron chi connectivity index (χ2n) is 7.45. The van der Waals surface area contributed by atoms with Crippen LogP contribution in [0.15, 0.2) is 59.5 Å². The average Bonchev–Trinajstić information content (AvgIpc) is 3.17. The molecule has 0 aromatic heterocycles. The topological polar surface area (TPSA) is 90.5 Å². The molecule has 3 atom stereocenters. The van der Waals surface area contributed by atoms with Crippen molar-refractivity contribution >= 4 is 35.3 Å². The van der Waals surface area contributed by atoms with Crippen LogP contribution in [0.4, 0.5) is 10.5 Å². The van der Waals surface area contributed by atoms with Crippen LogP contribution in [0.3, 0.4) is 0 Å². The van der Waals surface area contributed by atoms with Crippen LogP contribution in [0.1, 0.15) is 12.0 Å². The lowest BCUT2D eigenvalue weighted by Gasteiger charge is -2.36. The Bertz CT molecular complexity index is 952. The Morgan fingerprint density at radius 3 is 2.73 bits per heavy atom. The zero-order valence-corrected chi connectivity index (χ0v) is 17.4. The zero-order chi connectivity index (χ0) is 21.1. The largest absolute Gasteiger partial charge is 0.342 e. The highest BCUT2D eigenvalue weighted by atomic mass is 32.2. The Labute approximate surface area is 179 Å². The van der Waals surface area contributed by atoms with Crippen molar-refractivity contribution in [1.82, 2.24) is 15.5 Å². The molecule has 2 aliphatic heterocycles. The minimum Gasteiger partial charge on any atom is -0.342 e. The van der Waals surface area contributed by atoms with Crippen LogP contribution in [-0.4, -0.2) is 53.7 Å². The molecule has 2 fully saturated rings. The second-order valence-corrected chi connectivity index (χ2v) is 8.33. The van der Waals surface area contributed by atoms with E-state index in [-0.39, 0.29) is 17.8 Å². The van der Waals surface area contributed by atoms with Gasteiger partial charge in [-0.25, -0.2) is 4.79 Å². The molecule has 30 heavy (non-hydrogen) atoms. The molecule has 2 aromatic carbocycles. The van der Waals surface area contributed by atoms with Crippen molar-refractivity contribution in [3.8, 4) is 0 Å². The van der Waals surface area contributed by atoms with Crippen molar-refractivity contribution < 1.29 is 14.4 Å². The molecule has 2 saturated heterocycles. The first-order chi connectivity index (χ1) is 14.5. The summed E-state index contributed by atoms with van der Waals surface area (Å²) in [5, 5.41) is 8.53. The molecule has 7 nitrogen and oxygen atoms in total. The summed E-state index contributed by atoms with van der Waals surface area (Å²) >= 11 is 1.59. The summed E-state index contributed by atoms with van der Waals surface area (Å²) in [7, 11) is 0. The SMILES string of the molecule is CSc1cccc(NC(=O)N[C@H]2CCN3C(=O)[C@@H](Cc4ccccc4)NC(=O)[C@H]23)c1. The van der Waals surface area contributed by atoms with E-state index in [1.165, 1.54) is 0 Å². The predicted molar refractivity (Wildman–Crippen MR) is 116 cm³/mol. The number of benzene rings is 2. The molecule has 0 unspecified atom stereocenters. The number of urea groups is 1. The number of amides is 4. The molecule has 4 rings (SSSR count). The number of piperazine rings is 1. The number of carbonyl (C=O) groups excluding carboxylic acids is 3. The molecule has 156 valence electrons. The summed E-state index contributed by atoms with van der Waals surface area (Å²) in [5.41, 5.74) is 1.68. The van der Waals surface area contributed by atoms with Gasteiger partial charge in [0.2, 0.25) is 11.8 Å². The summed E-state index contributed by atoms with van der Waals surface area (Å²) < 4.78 is 0. The van der Waals surface area contributed by atoms with Gasteiger partial charge in [0.05, 0.1) is 6.04 Å². The maximum Gasteiger partial charge on any atom is 0.319 e. The Hall–Kier alpha value is -3.00. The van der Waals surface area contributed by atoms with Gasteiger partial charge in [0.15, 0.2) is 0 Å². The lowest BCUT2D eigenvalue weighted by atomic mass is 9.99. The molecule has 0 bridgehead atoms. The quantitative estimate of drug-likeness (QED) is 0.642. The van der Waals surface area contributed by atoms with E-state index in [1.807, 2.05) is 60.9 Å². The fraction of sp³-hybridized carbons (Fsp3) is 0.318. The van der Waals surface area contributed by atoms with Crippen LogP contribution in [0.25, 0.3) is 0 Å². The molecular weight excluding hydrogens is 400 g/mol. The van der Waals surface area contributed by atoms with E-state index in [0.717, 1.165) is 10.5 Å². The van der Waals surface area contributed by atoms with E-state index >= 15 is 0 Å². The molecule has 2 aliphatic rings. The average molecular weight is 425 g/mol. The van der Waals surface area contributed by atoms with Crippen molar-refractivity contribution in [3.63, 3.8) is 0 Å². The van der Waals surface area contributed by atoms with Crippen LogP contribution >= 0.6 is 11.8 Å². The van der Waals surface area contributed by atoms with Gasteiger partial charge in [-0.3, -0.25) is 9.59 Å². The molecule has 4 amide bonds. The Balaban J connectivity index is 1.39. The van der Waals surface area contributed by atoms with Crippen molar-refractivity contribution in [2.24, 2.45) is 0 Å². The van der Waals surface area contributed by atoms with Crippen molar-refractivity contribution in [1.29, 1.82) is 0 Å². The Kier molecular flexibility index (Phi) is 5.94. The summed E-state index contributed by atoms with van der Waals surface area (Å²) in [5.74, 6) is -0.316. The molecule has 0 saturated carbocycles. The third-order valence-corrected chi connectivity index (χ3v) is 6.22. The fourth-order valence-corrected chi connectivity index (χ4v) is 4.52. The van der Waals surface area contributed by atoms with E-state index in [4.69, 9.17) is 0 Å². The van der Waals surface area contributed by atoms with Gasteiger partial charge in [0.25, 0.3) is 0 Å². The third kappa shape index (κ3) is 4.28. The molecule has 8 heteroatoms. The van der Waals surface area contributed by atoms with Crippen LogP contribution in [0, 0.1) is 0 Å². The first kappa shape index (κ1) is 20.3. The number of nitrogens with zero attached hydrogens (tertiary/aromatic N) is 1. The van der Waals surface area contributed by atoms with Crippen molar-refractivity contribution in [2.45, 2.75) is 35.9 Å². The van der Waals surface area contributed by atoms with E-state index in [1.54, 1.807) is 16.7 Å². The highest BCUT2D eigenvalue weighted by Crippen LogP contribution is 2.24. The summed E-state index contributed by atoms with van der Waals surface area (Å²) in [6.45, 7) is 0.453. The first-order valence-corrected chi connectivity index (χ1v) is 11.1. The van der Waals surface area contributed by atoms with Crippen LogP contribution in [-0.2, 0) is 16.0 Å². The lowest BCUT2D eigenvalue weighted by molar-refractivity contribution is -0.147. The number of hydrogen-bond donors (Lipinski definition) is 3. The highest BCUT2D eigenvalue weighted by molar-refractivity contribution is 7.98. The summed E-state index contributed by atoms with van der Waals surface area (Å²) in [4.78, 5) is 40.8. The minimum atomic E-state index is -0.673. The number of nitrogens with one attached hydrogen (secondary N) is 3. The van der Waals surface area contributed by atoms with Crippen molar-refractivity contribution in [2.75, 3.05) is 18.1 Å². The van der Waals surface area contributed by atoms with Gasteiger partial charge in [-0.15, -0.1) is 11.8 Å². The zero-order valence-electron chi connectivity index (χ0n) is 16.6. The highest BCUT2D eigenvalue weighted by Gasteiger charge is 2.48. The Morgan fingerprint density at radius 2 is 1.97 bits per heavy atom. The van der Waals surface area contributed by atoms with E-state index < -0.39 is 18.1 Å². The second kappa shape index (κ2) is 8.79. The molecule has 0 spiro atoms. The number of carbonyl (C=O) groups is 3. The number of thioether (sulfide) groups is 1. The molecule has 0 radical (unpaired) electrons. The molecule has 0 aliphatic carbocycles. The first-order valence-electron chi connectivity index (χ1n) is 9.91. The maximum absolute atomic E-state index is 12.9. The lowest BCUT2D eigenvalue weighted by Crippen LogP contribution is -2.65. The molecule has 2 heterocycles. The van der Waals surface area contributed by atoms with Gasteiger partial charge in [-0.2, -0.15) is 0 Å². The maximum atomic E-state index is 12.9. The monoisotopic (exact) mass is 424 g/mol. The van der Waals surface area contributed by atoms with E-state index in [2.05, 4.69) is 16.0 Å². The smallest absolute Gasteiger partial charge is 0.319 e. The van der Waals surface area contributed by atoms with Crippen molar-refractivity contribution in [3.05, 3.63) is 60.2 Å². The number of rotatable bonds is 5. The minimum absolute atomic E-state index is 0.0965.